The Kier molecular flexibility index (Phi) is 3.68. The molecule has 1 aromatic carbocycles. The van der Waals surface area contributed by atoms with Crippen molar-refractivity contribution in [1.82, 2.24) is 15.0 Å². The number of nitrogens with zero attached hydrogens (tertiary/aromatic N) is 2. The first kappa shape index (κ1) is 14.3. The summed E-state index contributed by atoms with van der Waals surface area (Å²) in [6, 6.07) is 9.64. The number of H-pyrrole nitrogens is 1. The fourth-order valence-electron chi connectivity index (χ4n) is 2.30. The van der Waals surface area contributed by atoms with Crippen LogP contribution < -0.4 is 11.1 Å². The zero-order valence-electron chi connectivity index (χ0n) is 11.9. The van der Waals surface area contributed by atoms with Gasteiger partial charge in [0.05, 0.1) is 12.1 Å². The minimum absolute atomic E-state index is 0.0208. The Morgan fingerprint density at radius 2 is 2.14 bits per heavy atom. The number of fused-ring (bicyclic) bond motifs is 1. The molecule has 0 bridgehead atoms. The Morgan fingerprint density at radius 3 is 2.91 bits per heavy atom. The summed E-state index contributed by atoms with van der Waals surface area (Å²) in [5.41, 5.74) is 8.69. The van der Waals surface area contributed by atoms with Crippen LogP contribution in [-0.2, 0) is 11.2 Å². The second-order valence-corrected chi connectivity index (χ2v) is 5.37. The lowest BCUT2D eigenvalue weighted by molar-refractivity contribution is -0.117. The molecule has 112 valence electrons. The third-order valence-electron chi connectivity index (χ3n) is 3.14. The number of halogens is 1. The molecule has 22 heavy (non-hydrogen) atoms. The number of benzene rings is 1. The molecule has 1 amide bonds. The SMILES string of the molecule is Cc1cc2cc(Nc3cc(CC(N)=O)nc(Cl)n3)ccc2[nH]1. The summed E-state index contributed by atoms with van der Waals surface area (Å²) in [6.45, 7) is 2.01. The maximum Gasteiger partial charge on any atom is 0.224 e. The normalized spacial score (nSPS) is 10.8. The molecule has 3 rings (SSSR count). The van der Waals surface area contributed by atoms with Gasteiger partial charge in [-0.1, -0.05) is 0 Å². The molecule has 6 nitrogen and oxygen atoms in total. The van der Waals surface area contributed by atoms with E-state index >= 15 is 0 Å². The zero-order valence-corrected chi connectivity index (χ0v) is 12.6. The molecule has 2 aromatic heterocycles. The van der Waals surface area contributed by atoms with Crippen LogP contribution in [0.5, 0.6) is 0 Å². The molecule has 0 aliphatic rings. The van der Waals surface area contributed by atoms with Crippen LogP contribution in [0.15, 0.2) is 30.3 Å². The van der Waals surface area contributed by atoms with E-state index in [2.05, 4.69) is 26.3 Å². The van der Waals surface area contributed by atoms with Crippen LogP contribution in [0.25, 0.3) is 10.9 Å². The molecule has 0 aliphatic heterocycles. The Hall–Kier alpha value is -2.60. The first-order valence-electron chi connectivity index (χ1n) is 6.68. The Balaban J connectivity index is 1.90. The van der Waals surface area contributed by atoms with Gasteiger partial charge in [-0.05, 0) is 42.8 Å². The number of aromatic nitrogens is 3. The lowest BCUT2D eigenvalue weighted by Gasteiger charge is -2.07. The summed E-state index contributed by atoms with van der Waals surface area (Å²) >= 11 is 5.88. The van der Waals surface area contributed by atoms with Crippen LogP contribution in [0.1, 0.15) is 11.4 Å². The van der Waals surface area contributed by atoms with Crippen LogP contribution >= 0.6 is 11.6 Å². The molecule has 0 fully saturated rings. The van der Waals surface area contributed by atoms with Crippen molar-refractivity contribution in [2.24, 2.45) is 5.73 Å². The van der Waals surface area contributed by atoms with Crippen molar-refractivity contribution in [3.8, 4) is 0 Å². The van der Waals surface area contributed by atoms with E-state index < -0.39 is 5.91 Å². The number of aromatic amines is 1. The van der Waals surface area contributed by atoms with Crippen molar-refractivity contribution in [1.29, 1.82) is 0 Å². The number of rotatable bonds is 4. The van der Waals surface area contributed by atoms with Gasteiger partial charge in [0.2, 0.25) is 11.2 Å². The van der Waals surface area contributed by atoms with E-state index in [9.17, 15) is 4.79 Å². The molecule has 2 heterocycles. The number of carbonyl (C=O) groups excluding carboxylic acids is 1. The summed E-state index contributed by atoms with van der Waals surface area (Å²) in [5, 5.41) is 4.32. The summed E-state index contributed by atoms with van der Waals surface area (Å²) < 4.78 is 0. The first-order valence-corrected chi connectivity index (χ1v) is 7.05. The van der Waals surface area contributed by atoms with Gasteiger partial charge in [0.1, 0.15) is 5.82 Å². The topological polar surface area (TPSA) is 96.7 Å². The van der Waals surface area contributed by atoms with E-state index in [1.54, 1.807) is 6.07 Å². The van der Waals surface area contributed by atoms with E-state index in [1.165, 1.54) is 0 Å². The van der Waals surface area contributed by atoms with Gasteiger partial charge in [-0.3, -0.25) is 4.79 Å². The summed E-state index contributed by atoms with van der Waals surface area (Å²) in [5.74, 6) is 0.0489. The molecule has 0 radical (unpaired) electrons. The van der Waals surface area contributed by atoms with Crippen LogP contribution in [0, 0.1) is 6.92 Å². The summed E-state index contributed by atoms with van der Waals surface area (Å²) in [7, 11) is 0. The molecule has 0 spiro atoms. The van der Waals surface area contributed by atoms with Gasteiger partial charge < -0.3 is 16.0 Å². The average Bonchev–Trinajstić information content (AvgIpc) is 2.76. The molecule has 7 heteroatoms. The Labute approximate surface area is 131 Å². The maximum atomic E-state index is 11.0. The van der Waals surface area contributed by atoms with Crippen LogP contribution in [0.3, 0.4) is 0 Å². The smallest absolute Gasteiger partial charge is 0.224 e. The highest BCUT2D eigenvalue weighted by Crippen LogP contribution is 2.23. The summed E-state index contributed by atoms with van der Waals surface area (Å²) in [4.78, 5) is 22.3. The average molecular weight is 316 g/mol. The number of carbonyl (C=O) groups is 1. The molecular weight excluding hydrogens is 302 g/mol. The largest absolute Gasteiger partial charge is 0.369 e. The monoisotopic (exact) mass is 315 g/mol. The number of nitrogens with one attached hydrogen (secondary N) is 2. The molecule has 4 N–H and O–H groups in total. The van der Waals surface area contributed by atoms with Crippen molar-refractivity contribution in [3.63, 3.8) is 0 Å². The molecule has 3 aromatic rings. The second-order valence-electron chi connectivity index (χ2n) is 5.04. The lowest BCUT2D eigenvalue weighted by atomic mass is 10.2. The maximum absolute atomic E-state index is 11.0. The molecule has 0 atom stereocenters. The van der Waals surface area contributed by atoms with Gasteiger partial charge in [0.25, 0.3) is 0 Å². The van der Waals surface area contributed by atoms with Crippen molar-refractivity contribution >= 4 is 39.9 Å². The van der Waals surface area contributed by atoms with E-state index in [0.29, 0.717) is 11.5 Å². The zero-order chi connectivity index (χ0) is 15.7. The predicted octanol–water partition coefficient (Wildman–Crippen LogP) is 2.69. The highest BCUT2D eigenvalue weighted by Gasteiger charge is 2.07. The van der Waals surface area contributed by atoms with Gasteiger partial charge in [0, 0.05) is 28.4 Å². The highest BCUT2D eigenvalue weighted by molar-refractivity contribution is 6.28. The highest BCUT2D eigenvalue weighted by atomic mass is 35.5. The number of nitrogens with two attached hydrogens (primary N) is 1. The minimum atomic E-state index is -0.468. The number of primary amides is 1. The van der Waals surface area contributed by atoms with Gasteiger partial charge in [-0.15, -0.1) is 0 Å². The number of amides is 1. The van der Waals surface area contributed by atoms with Crippen LogP contribution in [0.2, 0.25) is 5.28 Å². The lowest BCUT2D eigenvalue weighted by Crippen LogP contribution is -2.15. The minimum Gasteiger partial charge on any atom is -0.369 e. The van der Waals surface area contributed by atoms with Crippen molar-refractivity contribution < 1.29 is 4.79 Å². The number of hydrogen-bond acceptors (Lipinski definition) is 4. The van der Waals surface area contributed by atoms with Gasteiger partial charge >= 0.3 is 0 Å². The quantitative estimate of drug-likeness (QED) is 0.645. The van der Waals surface area contributed by atoms with E-state index in [0.717, 1.165) is 22.3 Å². The van der Waals surface area contributed by atoms with Crippen LogP contribution in [-0.4, -0.2) is 20.9 Å². The van der Waals surface area contributed by atoms with E-state index in [4.69, 9.17) is 17.3 Å². The third-order valence-corrected chi connectivity index (χ3v) is 3.30. The number of hydrogen-bond donors (Lipinski definition) is 3. The van der Waals surface area contributed by atoms with E-state index in [-0.39, 0.29) is 11.7 Å². The second kappa shape index (κ2) is 5.65. The Morgan fingerprint density at radius 1 is 1.32 bits per heavy atom. The van der Waals surface area contributed by atoms with Gasteiger partial charge in [-0.2, -0.15) is 0 Å². The van der Waals surface area contributed by atoms with Crippen molar-refractivity contribution in [2.75, 3.05) is 5.32 Å². The molecule has 0 unspecified atom stereocenters. The molecule has 0 aliphatic carbocycles. The van der Waals surface area contributed by atoms with Crippen molar-refractivity contribution in [3.05, 3.63) is 47.0 Å². The molecule has 0 saturated heterocycles. The molecule has 0 saturated carbocycles. The standard InChI is InChI=1S/C15H14ClN5O/c1-8-4-9-5-10(2-3-12(9)18-8)19-14-7-11(6-13(17)22)20-15(16)21-14/h2-5,7,18H,6H2,1H3,(H2,17,22)(H,19,20,21). The Bertz CT molecular complexity index is 858. The van der Waals surface area contributed by atoms with Gasteiger partial charge in [0.15, 0.2) is 0 Å². The van der Waals surface area contributed by atoms with Crippen molar-refractivity contribution in [2.45, 2.75) is 13.3 Å². The fourth-order valence-corrected chi connectivity index (χ4v) is 2.50. The number of anilines is 2. The fraction of sp³-hybridized carbons (Fsp3) is 0.133. The van der Waals surface area contributed by atoms with E-state index in [1.807, 2.05) is 25.1 Å². The van der Waals surface area contributed by atoms with Crippen LogP contribution in [0.4, 0.5) is 11.5 Å². The van der Waals surface area contributed by atoms with Gasteiger partial charge in [-0.25, -0.2) is 9.97 Å². The molecular formula is C15H14ClN5O. The first-order chi connectivity index (χ1) is 10.5. The third kappa shape index (κ3) is 3.17. The number of aryl methyl sites for hydroxylation is 1. The predicted molar refractivity (Wildman–Crippen MR) is 86.3 cm³/mol. The summed E-state index contributed by atoms with van der Waals surface area (Å²) in [6.07, 6.45) is 0.0208.